The van der Waals surface area contributed by atoms with Gasteiger partial charge in [-0.25, -0.2) is 0 Å². The minimum atomic E-state index is 0.784. The zero-order valence-corrected chi connectivity index (χ0v) is 13.7. The molecule has 0 saturated carbocycles. The predicted octanol–water partition coefficient (Wildman–Crippen LogP) is 4.09. The number of benzene rings is 2. The van der Waals surface area contributed by atoms with E-state index in [4.69, 9.17) is 9.84 Å². The van der Waals surface area contributed by atoms with Gasteiger partial charge in [0.05, 0.1) is 19.3 Å². The molecule has 0 spiro atoms. The fraction of sp³-hybridized carbons (Fsp3) is 0.250. The molecule has 3 aromatic rings. The summed E-state index contributed by atoms with van der Waals surface area (Å²) in [5.41, 5.74) is 5.04. The third-order valence-electron chi connectivity index (χ3n) is 4.00. The molecule has 3 rings (SSSR count). The number of ether oxygens (including phenoxy) is 1. The van der Waals surface area contributed by atoms with Crippen LogP contribution in [0.1, 0.15) is 29.3 Å². The number of nitrogens with zero attached hydrogens (tertiary/aromatic N) is 2. The second-order valence-electron chi connectivity index (χ2n) is 5.66. The van der Waals surface area contributed by atoms with E-state index in [0.717, 1.165) is 25.1 Å². The summed E-state index contributed by atoms with van der Waals surface area (Å²) in [6.07, 6.45) is 4.07. The molecule has 0 fully saturated rings. The molecule has 0 aliphatic rings. The van der Waals surface area contributed by atoms with Crippen LogP contribution in [-0.2, 0) is 19.4 Å². The summed E-state index contributed by atoms with van der Waals surface area (Å²) in [6, 6.07) is 18.7. The fourth-order valence-electron chi connectivity index (χ4n) is 2.76. The minimum Gasteiger partial charge on any atom is -0.497 e. The Kier molecular flexibility index (Phi) is 4.77. The number of aromatic nitrogens is 2. The van der Waals surface area contributed by atoms with Crippen molar-refractivity contribution >= 4 is 0 Å². The van der Waals surface area contributed by atoms with Crippen LogP contribution in [0.2, 0.25) is 0 Å². The number of aryl methyl sites for hydroxylation is 1. The van der Waals surface area contributed by atoms with Gasteiger partial charge in [0.1, 0.15) is 5.75 Å². The summed E-state index contributed by atoms with van der Waals surface area (Å²) in [5.74, 6) is 0.883. The van der Waals surface area contributed by atoms with Crippen molar-refractivity contribution in [3.63, 3.8) is 0 Å². The van der Waals surface area contributed by atoms with Gasteiger partial charge in [-0.1, -0.05) is 49.4 Å². The highest BCUT2D eigenvalue weighted by Gasteiger charge is 2.08. The van der Waals surface area contributed by atoms with Crippen LogP contribution in [0.15, 0.2) is 60.8 Å². The van der Waals surface area contributed by atoms with E-state index in [1.165, 1.54) is 22.4 Å². The highest BCUT2D eigenvalue weighted by atomic mass is 16.5. The topological polar surface area (TPSA) is 27.1 Å². The van der Waals surface area contributed by atoms with Crippen molar-refractivity contribution in [3.05, 3.63) is 83.2 Å². The van der Waals surface area contributed by atoms with Crippen LogP contribution < -0.4 is 4.74 Å². The van der Waals surface area contributed by atoms with Gasteiger partial charge < -0.3 is 4.74 Å². The summed E-state index contributed by atoms with van der Waals surface area (Å²) in [5, 5.41) is 4.75. The van der Waals surface area contributed by atoms with Gasteiger partial charge in [0.2, 0.25) is 0 Å². The molecule has 0 saturated heterocycles. The van der Waals surface area contributed by atoms with Crippen LogP contribution in [-0.4, -0.2) is 16.9 Å². The molecular weight excluding hydrogens is 284 g/mol. The first-order chi connectivity index (χ1) is 11.3. The van der Waals surface area contributed by atoms with Gasteiger partial charge in [0.15, 0.2) is 0 Å². The van der Waals surface area contributed by atoms with E-state index in [0.29, 0.717) is 0 Å². The van der Waals surface area contributed by atoms with Gasteiger partial charge in [-0.2, -0.15) is 5.10 Å². The van der Waals surface area contributed by atoms with Crippen LogP contribution in [0.4, 0.5) is 0 Å². The Balaban J connectivity index is 1.77. The molecule has 3 heteroatoms. The maximum atomic E-state index is 5.20. The van der Waals surface area contributed by atoms with Crippen molar-refractivity contribution in [2.75, 3.05) is 7.11 Å². The molecule has 0 aliphatic heterocycles. The average Bonchev–Trinajstić information content (AvgIpc) is 2.98. The van der Waals surface area contributed by atoms with Crippen molar-refractivity contribution in [2.45, 2.75) is 26.3 Å². The Morgan fingerprint density at radius 2 is 1.70 bits per heavy atom. The molecule has 118 valence electrons. The first kappa shape index (κ1) is 15.3. The largest absolute Gasteiger partial charge is 0.497 e. The average molecular weight is 306 g/mol. The van der Waals surface area contributed by atoms with Crippen LogP contribution in [0, 0.1) is 0 Å². The molecule has 3 nitrogen and oxygen atoms in total. The van der Waals surface area contributed by atoms with Gasteiger partial charge in [-0.05, 0) is 35.2 Å². The lowest BCUT2D eigenvalue weighted by atomic mass is 10.0. The van der Waals surface area contributed by atoms with Crippen LogP contribution in [0.5, 0.6) is 5.75 Å². The first-order valence-electron chi connectivity index (χ1n) is 8.00. The van der Waals surface area contributed by atoms with Gasteiger partial charge in [0, 0.05) is 12.6 Å². The molecule has 0 atom stereocenters. The van der Waals surface area contributed by atoms with Gasteiger partial charge in [0.25, 0.3) is 0 Å². The molecule has 0 aliphatic carbocycles. The highest BCUT2D eigenvalue weighted by molar-refractivity contribution is 5.29. The van der Waals surface area contributed by atoms with Gasteiger partial charge in [-0.3, -0.25) is 4.68 Å². The Morgan fingerprint density at radius 1 is 0.957 bits per heavy atom. The SMILES string of the molecule is CCc1nn(Cc2ccc(OC)cc2)cc1Cc1ccccc1. The number of hydrogen-bond donors (Lipinski definition) is 0. The summed E-state index contributed by atoms with van der Waals surface area (Å²) < 4.78 is 7.24. The lowest BCUT2D eigenvalue weighted by Gasteiger charge is -2.03. The summed E-state index contributed by atoms with van der Waals surface area (Å²) in [6.45, 7) is 2.94. The third-order valence-corrected chi connectivity index (χ3v) is 4.00. The van der Waals surface area contributed by atoms with Crippen molar-refractivity contribution in [3.8, 4) is 5.75 Å². The van der Waals surface area contributed by atoms with Crippen molar-refractivity contribution in [1.82, 2.24) is 9.78 Å². The molecule has 1 heterocycles. The molecular formula is C20H22N2O. The molecule has 2 aromatic carbocycles. The van der Waals surface area contributed by atoms with Crippen LogP contribution >= 0.6 is 0 Å². The number of rotatable bonds is 6. The normalized spacial score (nSPS) is 10.7. The van der Waals surface area contributed by atoms with Gasteiger partial charge in [-0.15, -0.1) is 0 Å². The third kappa shape index (κ3) is 3.81. The van der Waals surface area contributed by atoms with Gasteiger partial charge >= 0.3 is 0 Å². The number of methoxy groups -OCH3 is 1. The van der Waals surface area contributed by atoms with E-state index >= 15 is 0 Å². The van der Waals surface area contributed by atoms with Crippen molar-refractivity contribution < 1.29 is 4.74 Å². The molecule has 0 amide bonds. The van der Waals surface area contributed by atoms with E-state index in [2.05, 4.69) is 55.6 Å². The smallest absolute Gasteiger partial charge is 0.118 e. The van der Waals surface area contributed by atoms with Crippen LogP contribution in [0.3, 0.4) is 0 Å². The summed E-state index contributed by atoms with van der Waals surface area (Å²) in [7, 11) is 1.69. The molecule has 1 aromatic heterocycles. The second kappa shape index (κ2) is 7.14. The molecule has 23 heavy (non-hydrogen) atoms. The predicted molar refractivity (Wildman–Crippen MR) is 92.9 cm³/mol. The van der Waals surface area contributed by atoms with Crippen LogP contribution in [0.25, 0.3) is 0 Å². The summed E-state index contributed by atoms with van der Waals surface area (Å²) in [4.78, 5) is 0. The number of hydrogen-bond acceptors (Lipinski definition) is 2. The quantitative estimate of drug-likeness (QED) is 0.686. The lowest BCUT2D eigenvalue weighted by Crippen LogP contribution is -2.00. The maximum absolute atomic E-state index is 5.20. The van der Waals surface area contributed by atoms with E-state index < -0.39 is 0 Å². The molecule has 0 N–H and O–H groups in total. The standard InChI is InChI=1S/C20H22N2O/c1-3-20-18(13-16-7-5-4-6-8-16)15-22(21-20)14-17-9-11-19(23-2)12-10-17/h4-12,15H,3,13-14H2,1-2H3. The van der Waals surface area contributed by atoms with E-state index in [1.807, 2.05) is 16.8 Å². The zero-order chi connectivity index (χ0) is 16.1. The fourth-order valence-corrected chi connectivity index (χ4v) is 2.76. The minimum absolute atomic E-state index is 0.784. The Hall–Kier alpha value is -2.55. The van der Waals surface area contributed by atoms with E-state index in [1.54, 1.807) is 7.11 Å². The molecule has 0 bridgehead atoms. The van der Waals surface area contributed by atoms with Crippen molar-refractivity contribution in [2.24, 2.45) is 0 Å². The first-order valence-corrected chi connectivity index (χ1v) is 8.00. The monoisotopic (exact) mass is 306 g/mol. The Labute approximate surface area is 137 Å². The summed E-state index contributed by atoms with van der Waals surface area (Å²) >= 11 is 0. The van der Waals surface area contributed by atoms with E-state index in [-0.39, 0.29) is 0 Å². The molecule has 0 unspecified atom stereocenters. The van der Waals surface area contributed by atoms with Crippen molar-refractivity contribution in [1.29, 1.82) is 0 Å². The Morgan fingerprint density at radius 3 is 2.35 bits per heavy atom. The molecule has 0 radical (unpaired) electrons. The lowest BCUT2D eigenvalue weighted by molar-refractivity contribution is 0.414. The Bertz CT molecular complexity index is 745. The highest BCUT2D eigenvalue weighted by Crippen LogP contribution is 2.16. The second-order valence-corrected chi connectivity index (χ2v) is 5.66. The van der Waals surface area contributed by atoms with E-state index in [9.17, 15) is 0 Å². The maximum Gasteiger partial charge on any atom is 0.118 e. The zero-order valence-electron chi connectivity index (χ0n) is 13.7.